The van der Waals surface area contributed by atoms with Crippen molar-refractivity contribution >= 4 is 5.91 Å². The lowest BCUT2D eigenvalue weighted by atomic mass is 9.72. The van der Waals surface area contributed by atoms with Crippen LogP contribution in [0.15, 0.2) is 18.2 Å². The number of rotatable bonds is 7. The van der Waals surface area contributed by atoms with Gasteiger partial charge in [0.15, 0.2) is 11.5 Å². The van der Waals surface area contributed by atoms with Crippen LogP contribution < -0.4 is 15.2 Å². The Balaban J connectivity index is 1.89. The highest BCUT2D eigenvalue weighted by Gasteiger charge is 2.48. The number of aliphatic hydroxyl groups excluding tert-OH is 1. The molecule has 2 fully saturated rings. The zero-order chi connectivity index (χ0) is 20.3. The van der Waals surface area contributed by atoms with Crippen molar-refractivity contribution in [1.82, 2.24) is 4.90 Å². The van der Waals surface area contributed by atoms with E-state index < -0.39 is 11.5 Å². The molecule has 0 aromatic heterocycles. The van der Waals surface area contributed by atoms with Crippen LogP contribution in [0.4, 0.5) is 0 Å². The summed E-state index contributed by atoms with van der Waals surface area (Å²) in [6.07, 6.45) is 4.57. The van der Waals surface area contributed by atoms with Crippen LogP contribution in [-0.4, -0.2) is 54.9 Å². The summed E-state index contributed by atoms with van der Waals surface area (Å²) in [6, 6.07) is 6.01. The van der Waals surface area contributed by atoms with Crippen LogP contribution in [0.25, 0.3) is 0 Å². The van der Waals surface area contributed by atoms with Crippen molar-refractivity contribution in [3.05, 3.63) is 23.8 Å². The largest absolute Gasteiger partial charge is 0.493 e. The second kappa shape index (κ2) is 8.70. The van der Waals surface area contributed by atoms with Gasteiger partial charge in [-0.3, -0.25) is 4.79 Å². The van der Waals surface area contributed by atoms with Crippen molar-refractivity contribution in [2.45, 2.75) is 64.1 Å². The lowest BCUT2D eigenvalue weighted by Gasteiger charge is -2.34. The Morgan fingerprint density at radius 3 is 2.68 bits per heavy atom. The lowest BCUT2D eigenvalue weighted by molar-refractivity contribution is -0.130. The fourth-order valence-corrected chi connectivity index (χ4v) is 4.58. The van der Waals surface area contributed by atoms with Gasteiger partial charge in [0.05, 0.1) is 19.3 Å². The Morgan fingerprint density at radius 1 is 1.36 bits per heavy atom. The van der Waals surface area contributed by atoms with E-state index in [1.165, 1.54) is 12.8 Å². The molecule has 6 nitrogen and oxygen atoms in total. The van der Waals surface area contributed by atoms with Crippen LogP contribution in [0, 0.1) is 5.41 Å². The van der Waals surface area contributed by atoms with Gasteiger partial charge in [-0.05, 0) is 50.3 Å². The van der Waals surface area contributed by atoms with Gasteiger partial charge in [-0.15, -0.1) is 0 Å². The smallest absolute Gasteiger partial charge is 0.223 e. The van der Waals surface area contributed by atoms with E-state index in [1.807, 2.05) is 30.0 Å². The SMILES string of the molecule is COc1ccc([C@@H]2CN(C(=O)CCN)C[C@@]2(C)[C@@H](C)O)cc1OC1CCCC1. The van der Waals surface area contributed by atoms with Gasteiger partial charge in [0.2, 0.25) is 5.91 Å². The van der Waals surface area contributed by atoms with Crippen LogP contribution in [0.3, 0.4) is 0 Å². The molecule has 156 valence electrons. The number of likely N-dealkylation sites (tertiary alicyclic amines) is 1. The molecule has 1 aliphatic carbocycles. The molecule has 0 radical (unpaired) electrons. The minimum absolute atomic E-state index is 0.0195. The van der Waals surface area contributed by atoms with Crippen LogP contribution in [0.5, 0.6) is 11.5 Å². The number of aliphatic hydroxyl groups is 1. The Morgan fingerprint density at radius 2 is 2.07 bits per heavy atom. The number of carbonyl (C=O) groups is 1. The van der Waals surface area contributed by atoms with Crippen molar-refractivity contribution < 1.29 is 19.4 Å². The Labute approximate surface area is 168 Å². The molecular weight excluding hydrogens is 356 g/mol. The zero-order valence-corrected chi connectivity index (χ0v) is 17.3. The van der Waals surface area contributed by atoms with Gasteiger partial charge >= 0.3 is 0 Å². The number of hydrogen-bond donors (Lipinski definition) is 2. The number of hydrogen-bond acceptors (Lipinski definition) is 5. The summed E-state index contributed by atoms with van der Waals surface area (Å²) < 4.78 is 11.8. The molecule has 0 spiro atoms. The third-order valence-electron chi connectivity index (χ3n) is 6.58. The molecule has 6 heteroatoms. The van der Waals surface area contributed by atoms with E-state index in [0.29, 0.717) is 26.1 Å². The van der Waals surface area contributed by atoms with Crippen LogP contribution in [-0.2, 0) is 4.79 Å². The summed E-state index contributed by atoms with van der Waals surface area (Å²) in [5.41, 5.74) is 6.22. The van der Waals surface area contributed by atoms with E-state index in [4.69, 9.17) is 15.2 Å². The first-order chi connectivity index (χ1) is 13.4. The molecule has 1 amide bonds. The predicted octanol–water partition coefficient (Wildman–Crippen LogP) is 2.68. The molecule has 1 aliphatic heterocycles. The second-order valence-corrected chi connectivity index (χ2v) is 8.48. The molecule has 2 aliphatic rings. The standard InChI is InChI=1S/C22H34N2O4/c1-15(25)22(2)14-24(21(26)10-11-23)13-18(22)16-8-9-19(27-3)20(12-16)28-17-6-4-5-7-17/h8-9,12,15,17-18,25H,4-7,10-11,13-14,23H2,1-3H3/t15-,18+,22+/m1/s1. The number of ether oxygens (including phenoxy) is 2. The van der Waals surface area contributed by atoms with Crippen molar-refractivity contribution in [1.29, 1.82) is 0 Å². The summed E-state index contributed by atoms with van der Waals surface area (Å²) >= 11 is 0. The molecule has 3 atom stereocenters. The highest BCUT2D eigenvalue weighted by Crippen LogP contribution is 2.47. The highest BCUT2D eigenvalue weighted by atomic mass is 16.5. The van der Waals surface area contributed by atoms with Gasteiger partial charge in [0.25, 0.3) is 0 Å². The molecule has 1 saturated carbocycles. The molecule has 0 unspecified atom stereocenters. The van der Waals surface area contributed by atoms with E-state index in [2.05, 4.69) is 6.92 Å². The minimum Gasteiger partial charge on any atom is -0.493 e. The van der Waals surface area contributed by atoms with E-state index in [9.17, 15) is 9.90 Å². The molecule has 1 aromatic rings. The number of nitrogens with zero attached hydrogens (tertiary/aromatic N) is 1. The van der Waals surface area contributed by atoms with Gasteiger partial charge < -0.3 is 25.2 Å². The molecule has 1 aromatic carbocycles. The van der Waals surface area contributed by atoms with Crippen LogP contribution in [0.2, 0.25) is 0 Å². The fourth-order valence-electron chi connectivity index (χ4n) is 4.58. The van der Waals surface area contributed by atoms with E-state index >= 15 is 0 Å². The summed E-state index contributed by atoms with van der Waals surface area (Å²) in [6.45, 7) is 5.31. The molecule has 1 saturated heterocycles. The fraction of sp³-hybridized carbons (Fsp3) is 0.682. The summed E-state index contributed by atoms with van der Waals surface area (Å²) in [5, 5.41) is 10.6. The van der Waals surface area contributed by atoms with Gasteiger partial charge in [-0.25, -0.2) is 0 Å². The monoisotopic (exact) mass is 390 g/mol. The van der Waals surface area contributed by atoms with Gasteiger partial charge in [0.1, 0.15) is 0 Å². The molecule has 0 bridgehead atoms. The Bertz CT molecular complexity index is 687. The Kier molecular flexibility index (Phi) is 6.50. The molecular formula is C22H34N2O4. The van der Waals surface area contributed by atoms with Gasteiger partial charge in [0, 0.05) is 37.4 Å². The molecule has 3 rings (SSSR count). The average molecular weight is 391 g/mol. The van der Waals surface area contributed by atoms with Gasteiger partial charge in [-0.1, -0.05) is 13.0 Å². The number of benzene rings is 1. The third kappa shape index (κ3) is 4.13. The average Bonchev–Trinajstić information content (AvgIpc) is 3.30. The van der Waals surface area contributed by atoms with E-state index in [-0.39, 0.29) is 17.9 Å². The maximum Gasteiger partial charge on any atom is 0.223 e. The van der Waals surface area contributed by atoms with Crippen LogP contribution >= 0.6 is 0 Å². The number of methoxy groups -OCH3 is 1. The van der Waals surface area contributed by atoms with Crippen molar-refractivity contribution in [3.63, 3.8) is 0 Å². The first-order valence-corrected chi connectivity index (χ1v) is 10.4. The van der Waals surface area contributed by atoms with E-state index in [1.54, 1.807) is 7.11 Å². The molecule has 3 N–H and O–H groups in total. The van der Waals surface area contributed by atoms with Crippen molar-refractivity contribution in [2.24, 2.45) is 11.1 Å². The summed E-state index contributed by atoms with van der Waals surface area (Å²) in [4.78, 5) is 14.3. The third-order valence-corrected chi connectivity index (χ3v) is 6.58. The highest BCUT2D eigenvalue weighted by molar-refractivity contribution is 5.77. The normalized spacial score (nSPS) is 26.5. The van der Waals surface area contributed by atoms with Crippen molar-refractivity contribution in [2.75, 3.05) is 26.7 Å². The first-order valence-electron chi connectivity index (χ1n) is 10.4. The first kappa shape index (κ1) is 20.9. The summed E-state index contributed by atoms with van der Waals surface area (Å²) in [5.74, 6) is 1.55. The second-order valence-electron chi connectivity index (χ2n) is 8.48. The molecule has 28 heavy (non-hydrogen) atoms. The van der Waals surface area contributed by atoms with Crippen molar-refractivity contribution in [3.8, 4) is 11.5 Å². The number of amides is 1. The Hall–Kier alpha value is -1.79. The minimum atomic E-state index is -0.547. The maximum absolute atomic E-state index is 12.4. The predicted molar refractivity (Wildman–Crippen MR) is 109 cm³/mol. The van der Waals surface area contributed by atoms with E-state index in [0.717, 1.165) is 29.9 Å². The summed E-state index contributed by atoms with van der Waals surface area (Å²) in [7, 11) is 1.65. The lowest BCUT2D eigenvalue weighted by Crippen LogP contribution is -2.38. The zero-order valence-electron chi connectivity index (χ0n) is 17.3. The van der Waals surface area contributed by atoms with Gasteiger partial charge in [-0.2, -0.15) is 0 Å². The van der Waals surface area contributed by atoms with Crippen LogP contribution in [0.1, 0.15) is 57.4 Å². The number of carbonyl (C=O) groups excluding carboxylic acids is 1. The molecule has 1 heterocycles. The topological polar surface area (TPSA) is 85.0 Å². The maximum atomic E-state index is 12.4. The quantitative estimate of drug-likeness (QED) is 0.748. The number of nitrogens with two attached hydrogens (primary N) is 1.